The van der Waals surface area contributed by atoms with Crippen LogP contribution in [0.25, 0.3) is 0 Å². The van der Waals surface area contributed by atoms with Gasteiger partial charge in [-0.1, -0.05) is 25.6 Å². The first-order valence-corrected chi connectivity index (χ1v) is 18.3. The van der Waals surface area contributed by atoms with E-state index >= 15 is 0 Å². The Hall–Kier alpha value is -2.87. The van der Waals surface area contributed by atoms with Crippen LogP contribution in [0.15, 0.2) is 45.3 Å². The van der Waals surface area contributed by atoms with Gasteiger partial charge in [0, 0.05) is 83.1 Å². The van der Waals surface area contributed by atoms with Crippen LogP contribution in [0.1, 0.15) is 44.2 Å². The molecule has 0 spiro atoms. The monoisotopic (exact) mass is 790 g/mol. The van der Waals surface area contributed by atoms with Gasteiger partial charge in [0.1, 0.15) is 5.75 Å². The van der Waals surface area contributed by atoms with E-state index in [1.807, 2.05) is 46.2 Å². The highest BCUT2D eigenvalue weighted by Gasteiger charge is 2.36. The van der Waals surface area contributed by atoms with E-state index in [0.29, 0.717) is 57.4 Å². The number of nitrogens with zero attached hydrogens (tertiary/aromatic N) is 4. The van der Waals surface area contributed by atoms with Gasteiger partial charge < -0.3 is 34.8 Å². The molecule has 2 aromatic carbocycles. The van der Waals surface area contributed by atoms with E-state index in [4.69, 9.17) is 9.47 Å². The lowest BCUT2D eigenvalue weighted by molar-refractivity contribution is -0.142. The maximum Gasteiger partial charge on any atom is 0.410 e. The van der Waals surface area contributed by atoms with Crippen molar-refractivity contribution in [2.45, 2.75) is 64.1 Å². The molecule has 0 bridgehead atoms. The van der Waals surface area contributed by atoms with E-state index in [0.717, 1.165) is 71.2 Å². The molecule has 2 N–H and O–H groups in total. The third kappa shape index (κ3) is 8.46. The topological polar surface area (TPSA) is 107 Å². The molecule has 4 heterocycles. The number of fused-ring (bicyclic) bond motifs is 1. The first kappa shape index (κ1) is 36.4. The summed E-state index contributed by atoms with van der Waals surface area (Å²) in [6.07, 6.45) is 2.70. The van der Waals surface area contributed by atoms with Gasteiger partial charge in [0.15, 0.2) is 6.10 Å². The molecular weight excluding hydrogens is 744 g/mol. The van der Waals surface area contributed by atoms with Crippen molar-refractivity contribution in [1.29, 1.82) is 0 Å². The number of anilines is 1. The number of hydrogen-bond acceptors (Lipinski definition) is 7. The van der Waals surface area contributed by atoms with Gasteiger partial charge in [-0.05, 0) is 93.3 Å². The summed E-state index contributed by atoms with van der Waals surface area (Å²) in [5, 5.41) is 6.47. The van der Waals surface area contributed by atoms with Crippen LogP contribution < -0.4 is 15.4 Å². The van der Waals surface area contributed by atoms with Crippen molar-refractivity contribution in [2.75, 3.05) is 71.3 Å². The number of carbonyl (C=O) groups is 3. The average molecular weight is 793 g/mol. The summed E-state index contributed by atoms with van der Waals surface area (Å²) in [5.41, 5.74) is 2.84. The molecule has 0 radical (unpaired) electrons. The van der Waals surface area contributed by atoms with Crippen LogP contribution in [0, 0.1) is 0 Å². The number of para-hydroxylation sites is 1. The predicted octanol–water partition coefficient (Wildman–Crippen LogP) is 5.35. The second-order valence-corrected chi connectivity index (χ2v) is 14.5. The molecule has 1 atom stereocenters. The Labute approximate surface area is 300 Å². The molecule has 11 nitrogen and oxygen atoms in total. The van der Waals surface area contributed by atoms with Crippen molar-refractivity contribution in [3.05, 3.63) is 56.5 Å². The van der Waals surface area contributed by atoms with Gasteiger partial charge in [-0.2, -0.15) is 0 Å². The zero-order valence-corrected chi connectivity index (χ0v) is 30.1. The lowest BCUT2D eigenvalue weighted by Gasteiger charge is -2.41. The molecule has 4 amide bonds. The number of ether oxygens (including phenoxy) is 2. The molecule has 4 aliphatic heterocycles. The van der Waals surface area contributed by atoms with Crippen molar-refractivity contribution in [3.8, 4) is 5.75 Å². The highest BCUT2D eigenvalue weighted by molar-refractivity contribution is 9.11. The lowest BCUT2D eigenvalue weighted by atomic mass is 10.0. The van der Waals surface area contributed by atoms with Crippen molar-refractivity contribution in [1.82, 2.24) is 24.9 Å². The van der Waals surface area contributed by atoms with E-state index in [1.54, 1.807) is 12.0 Å². The van der Waals surface area contributed by atoms with Gasteiger partial charge in [0.2, 0.25) is 0 Å². The summed E-state index contributed by atoms with van der Waals surface area (Å²) in [6.45, 7) is 6.90. The number of piperidine rings is 2. The standard InChI is InChI=1S/C34H44Br2N6O5.CH4/c1-46-31-27(35)20-23(21-28(31)36)22-30(32(43)40-13-7-25(8-14-40)39-18-11-37-12-19-39)47-34(45)41-15-9-26(10-16-41)42-17-6-24-4-2-3-5-29(24)38-33(42)44;/h2-5,20-21,25-26,30,37H,6-19,22H2,1H3,(H,38,44);1H4/t30-;/m1./s1. The van der Waals surface area contributed by atoms with E-state index in [9.17, 15) is 14.4 Å². The maximum absolute atomic E-state index is 14.0. The number of halogens is 2. The zero-order chi connectivity index (χ0) is 32.9. The average Bonchev–Trinajstić information content (AvgIpc) is 3.26. The Morgan fingerprint density at radius 2 is 1.52 bits per heavy atom. The van der Waals surface area contributed by atoms with Crippen LogP contribution in [0.2, 0.25) is 0 Å². The molecule has 0 saturated carbocycles. The van der Waals surface area contributed by atoms with Crippen LogP contribution in [-0.4, -0.2) is 122 Å². The number of rotatable bonds is 7. The number of nitrogens with one attached hydrogen (secondary N) is 2. The SMILES string of the molecule is C.COc1c(Br)cc(C[C@@H](OC(=O)N2CCC(N3CCc4ccccc4NC3=O)CC2)C(=O)N2CCC(N3CCNCC3)CC2)cc1Br. The maximum atomic E-state index is 14.0. The van der Waals surface area contributed by atoms with Crippen molar-refractivity contribution < 1.29 is 23.9 Å². The second-order valence-electron chi connectivity index (χ2n) is 12.8. The largest absolute Gasteiger partial charge is 0.494 e. The number of carbonyl (C=O) groups excluding carboxylic acids is 3. The highest BCUT2D eigenvalue weighted by Crippen LogP contribution is 2.35. The fraction of sp³-hybridized carbons (Fsp3) is 0.571. The highest BCUT2D eigenvalue weighted by atomic mass is 79.9. The second kappa shape index (κ2) is 16.7. The summed E-state index contributed by atoms with van der Waals surface area (Å²) < 4.78 is 13.0. The molecule has 0 aromatic heterocycles. The molecule has 3 saturated heterocycles. The van der Waals surface area contributed by atoms with Gasteiger partial charge >= 0.3 is 12.1 Å². The number of benzene rings is 2. The number of hydrogen-bond donors (Lipinski definition) is 2. The van der Waals surface area contributed by atoms with Gasteiger partial charge in [0.25, 0.3) is 5.91 Å². The van der Waals surface area contributed by atoms with Crippen molar-refractivity contribution in [2.24, 2.45) is 0 Å². The van der Waals surface area contributed by atoms with E-state index in [2.05, 4.69) is 47.4 Å². The summed E-state index contributed by atoms with van der Waals surface area (Å²) in [6, 6.07) is 12.1. The van der Waals surface area contributed by atoms with Crippen LogP contribution in [0.3, 0.4) is 0 Å². The van der Waals surface area contributed by atoms with E-state index < -0.39 is 12.2 Å². The molecule has 0 unspecified atom stereocenters. The molecule has 13 heteroatoms. The lowest BCUT2D eigenvalue weighted by Crippen LogP contribution is -2.54. The summed E-state index contributed by atoms with van der Waals surface area (Å²) >= 11 is 7.14. The van der Waals surface area contributed by atoms with Crippen LogP contribution >= 0.6 is 31.9 Å². The smallest absolute Gasteiger partial charge is 0.410 e. The zero-order valence-electron chi connectivity index (χ0n) is 26.9. The number of likely N-dealkylation sites (tertiary alicyclic amines) is 2. The minimum atomic E-state index is -0.960. The minimum absolute atomic E-state index is 0. The first-order valence-electron chi connectivity index (χ1n) is 16.7. The number of methoxy groups -OCH3 is 1. The molecule has 4 aliphatic rings. The summed E-state index contributed by atoms with van der Waals surface area (Å²) in [4.78, 5) is 48.7. The Morgan fingerprint density at radius 1 is 0.896 bits per heavy atom. The summed E-state index contributed by atoms with van der Waals surface area (Å²) in [7, 11) is 1.60. The minimum Gasteiger partial charge on any atom is -0.494 e. The molecule has 0 aliphatic carbocycles. The third-order valence-corrected chi connectivity index (χ3v) is 11.1. The van der Waals surface area contributed by atoms with E-state index in [-0.39, 0.29) is 31.8 Å². The van der Waals surface area contributed by atoms with Gasteiger partial charge in [-0.25, -0.2) is 9.59 Å². The number of urea groups is 1. The predicted molar refractivity (Wildman–Crippen MR) is 194 cm³/mol. The fourth-order valence-electron chi connectivity index (χ4n) is 7.32. The summed E-state index contributed by atoms with van der Waals surface area (Å²) in [5.74, 6) is 0.504. The van der Waals surface area contributed by atoms with Crippen molar-refractivity contribution in [3.63, 3.8) is 0 Å². The molecule has 262 valence electrons. The number of piperazine rings is 1. The fourth-order valence-corrected chi connectivity index (χ4v) is 8.92. The Balaban J connectivity index is 0.00000451. The normalized spacial score (nSPS) is 20.2. The Morgan fingerprint density at radius 3 is 2.19 bits per heavy atom. The van der Waals surface area contributed by atoms with E-state index in [1.165, 1.54) is 0 Å². The molecular formula is C35H48Br2N6O5. The van der Waals surface area contributed by atoms with Crippen LogP contribution in [0.5, 0.6) is 5.75 Å². The Kier molecular flexibility index (Phi) is 12.7. The van der Waals surface area contributed by atoms with Crippen LogP contribution in [0.4, 0.5) is 15.3 Å². The van der Waals surface area contributed by atoms with Crippen LogP contribution in [-0.2, 0) is 22.4 Å². The van der Waals surface area contributed by atoms with Crippen molar-refractivity contribution >= 4 is 55.6 Å². The Bertz CT molecular complexity index is 1420. The van der Waals surface area contributed by atoms with Gasteiger partial charge in [-0.15, -0.1) is 0 Å². The number of amides is 4. The van der Waals surface area contributed by atoms with Gasteiger partial charge in [-0.3, -0.25) is 9.69 Å². The molecule has 3 fully saturated rings. The first-order chi connectivity index (χ1) is 22.8. The quantitative estimate of drug-likeness (QED) is 0.390. The van der Waals surface area contributed by atoms with Gasteiger partial charge in [0.05, 0.1) is 16.1 Å². The molecule has 6 rings (SSSR count). The molecule has 2 aromatic rings. The third-order valence-electron chi connectivity index (χ3n) is 9.95. The molecule has 48 heavy (non-hydrogen) atoms.